The zero-order valence-corrected chi connectivity index (χ0v) is 42.8. The number of carbonyl (C=O) groups excluding carboxylic acids is 7. The van der Waals surface area contributed by atoms with E-state index in [1.807, 2.05) is 0 Å². The number of hydrogen-bond donors (Lipinski definition) is 14. The van der Waals surface area contributed by atoms with Crippen LogP contribution in [0.5, 0.6) is 0 Å². The Morgan fingerprint density at radius 2 is 1.46 bits per heavy atom. The van der Waals surface area contributed by atoms with Crippen LogP contribution in [0.4, 0.5) is 0 Å². The minimum atomic E-state index is -1.72. The van der Waals surface area contributed by atoms with Crippen LogP contribution in [0.25, 0.3) is 10.9 Å². The summed E-state index contributed by atoms with van der Waals surface area (Å²) in [5.74, 6) is -6.99. The number of benzene rings is 2. The fourth-order valence-electron chi connectivity index (χ4n) is 7.81. The smallest absolute Gasteiger partial charge is 0.328 e. The van der Waals surface area contributed by atoms with Gasteiger partial charge in [0, 0.05) is 46.8 Å². The number of aromatic nitrogens is 3. The van der Waals surface area contributed by atoms with Gasteiger partial charge in [-0.25, -0.2) is 4.79 Å². The highest BCUT2D eigenvalue weighted by Crippen LogP contribution is 2.24. The lowest BCUT2D eigenvalue weighted by Crippen LogP contribution is -2.62. The number of nitrogens with one attached hydrogen (secondary N) is 9. The van der Waals surface area contributed by atoms with Crippen molar-refractivity contribution in [3.05, 3.63) is 105 Å². The number of hydrogen-bond acceptors (Lipinski definition) is 16. The van der Waals surface area contributed by atoms with E-state index in [4.69, 9.17) is 11.5 Å². The van der Waals surface area contributed by atoms with E-state index in [2.05, 4.69) is 47.2 Å². The molecule has 2 aromatic heterocycles. The molecule has 1 aliphatic rings. The van der Waals surface area contributed by atoms with Gasteiger partial charge in [-0.3, -0.25) is 47.9 Å². The number of aliphatic hydroxyl groups is 3. The number of H-pyrrole nitrogens is 2. The van der Waals surface area contributed by atoms with E-state index in [1.54, 1.807) is 60.8 Å². The Labute approximate surface area is 433 Å². The minimum absolute atomic E-state index is 0.0350. The molecule has 7 amide bonds. The summed E-state index contributed by atoms with van der Waals surface area (Å²) in [4.78, 5) is 131. The Morgan fingerprint density at radius 1 is 0.811 bits per heavy atom. The first-order chi connectivity index (χ1) is 35.3. The summed E-state index contributed by atoms with van der Waals surface area (Å²) in [6, 6.07) is 4.33. The fourth-order valence-corrected chi connectivity index (χ4v) is 10.1. The van der Waals surface area contributed by atoms with Crippen molar-refractivity contribution in [3.63, 3.8) is 0 Å². The molecule has 0 aliphatic carbocycles. The summed E-state index contributed by atoms with van der Waals surface area (Å²) in [5.41, 5.74) is 12.5. The summed E-state index contributed by atoms with van der Waals surface area (Å²) in [7, 11) is 1.90. The zero-order chi connectivity index (χ0) is 54.1. The number of para-hydroxylation sites is 1. The van der Waals surface area contributed by atoms with Crippen molar-refractivity contribution in [1.82, 2.24) is 51.8 Å². The molecular formula is C48H66N12O12S2. The largest absolute Gasteiger partial charge is 0.394 e. The lowest BCUT2D eigenvalue weighted by Gasteiger charge is -2.29. The van der Waals surface area contributed by atoms with E-state index in [0.29, 0.717) is 29.3 Å². The lowest BCUT2D eigenvalue weighted by atomic mass is 10.0. The summed E-state index contributed by atoms with van der Waals surface area (Å²) < 4.78 is 0.983. The lowest BCUT2D eigenvalue weighted by molar-refractivity contribution is -0.136. The highest BCUT2D eigenvalue weighted by Gasteiger charge is 2.36. The average Bonchev–Trinajstić information content (AvgIpc) is 3.77. The zero-order valence-electron chi connectivity index (χ0n) is 41.1. The first-order valence-electron chi connectivity index (χ1n) is 24.0. The third-order valence-corrected chi connectivity index (χ3v) is 14.6. The van der Waals surface area contributed by atoms with E-state index in [9.17, 15) is 58.5 Å². The van der Waals surface area contributed by atoms with Crippen molar-refractivity contribution >= 4 is 73.8 Å². The van der Waals surface area contributed by atoms with Gasteiger partial charge in [0.1, 0.15) is 36.3 Å². The van der Waals surface area contributed by atoms with Crippen molar-refractivity contribution < 1.29 is 48.9 Å². The molecule has 3 heterocycles. The van der Waals surface area contributed by atoms with E-state index in [0.717, 1.165) is 31.7 Å². The van der Waals surface area contributed by atoms with Gasteiger partial charge < -0.3 is 69.0 Å². The van der Waals surface area contributed by atoms with E-state index >= 15 is 0 Å². The normalized spacial score (nSPS) is 22.4. The summed E-state index contributed by atoms with van der Waals surface area (Å²) >= 11 is 0. The molecule has 0 bridgehead atoms. The summed E-state index contributed by atoms with van der Waals surface area (Å²) in [6.07, 6.45) is 0.548. The molecule has 0 radical (unpaired) electrons. The highest BCUT2D eigenvalue weighted by molar-refractivity contribution is 8.76. The second-order valence-corrected chi connectivity index (χ2v) is 20.6. The van der Waals surface area contributed by atoms with Gasteiger partial charge in [0.05, 0.1) is 37.4 Å². The molecule has 2 unspecified atom stereocenters. The van der Waals surface area contributed by atoms with Crippen molar-refractivity contribution in [3.8, 4) is 0 Å². The Morgan fingerprint density at radius 3 is 2.15 bits per heavy atom. The molecule has 1 fully saturated rings. The van der Waals surface area contributed by atoms with E-state index < -0.39 is 126 Å². The molecule has 1 saturated heterocycles. The molecule has 74 heavy (non-hydrogen) atoms. The third-order valence-electron chi connectivity index (χ3n) is 12.1. The first-order valence-corrected chi connectivity index (χ1v) is 26.5. The van der Waals surface area contributed by atoms with Gasteiger partial charge in [0.15, 0.2) is 0 Å². The van der Waals surface area contributed by atoms with Crippen LogP contribution in [0.1, 0.15) is 49.8 Å². The fraction of sp³-hybridized carbons (Fsp3) is 0.479. The van der Waals surface area contributed by atoms with Crippen molar-refractivity contribution in [1.29, 1.82) is 0 Å². The van der Waals surface area contributed by atoms with Crippen LogP contribution in [0.2, 0.25) is 0 Å². The highest BCUT2D eigenvalue weighted by atomic mass is 33.1. The first kappa shape index (κ1) is 58.3. The topological polar surface area (TPSA) is 387 Å². The van der Waals surface area contributed by atoms with Gasteiger partial charge >= 0.3 is 5.69 Å². The molecule has 0 saturated carbocycles. The van der Waals surface area contributed by atoms with Crippen molar-refractivity contribution in [2.24, 2.45) is 11.5 Å². The Hall–Kier alpha value is -6.55. The predicted octanol–water partition coefficient (Wildman–Crippen LogP) is -3.19. The second-order valence-electron chi connectivity index (χ2n) is 18.0. The van der Waals surface area contributed by atoms with Crippen LogP contribution in [0, 0.1) is 6.92 Å². The van der Waals surface area contributed by atoms with Crippen LogP contribution in [0.3, 0.4) is 0 Å². The average molecular weight is 1070 g/mol. The molecule has 4 aromatic rings. The molecule has 24 nitrogen and oxygen atoms in total. The molecule has 1 aliphatic heterocycles. The number of nitrogens with zero attached hydrogens (tertiary/aromatic N) is 1. The molecule has 0 spiro atoms. The van der Waals surface area contributed by atoms with E-state index in [-0.39, 0.29) is 42.9 Å². The molecule has 5 rings (SSSR count). The van der Waals surface area contributed by atoms with Gasteiger partial charge in [-0.2, -0.15) is 0 Å². The number of aryl methyl sites for hydroxylation is 1. The van der Waals surface area contributed by atoms with Crippen LogP contribution in [0.15, 0.2) is 76.6 Å². The third kappa shape index (κ3) is 16.7. The second kappa shape index (κ2) is 28.2. The Bertz CT molecular complexity index is 2700. The monoisotopic (exact) mass is 1070 g/mol. The number of rotatable bonds is 17. The molecule has 16 N–H and O–H groups in total. The van der Waals surface area contributed by atoms with Gasteiger partial charge in [0.2, 0.25) is 41.4 Å². The van der Waals surface area contributed by atoms with Gasteiger partial charge in [-0.15, -0.1) is 0 Å². The number of nitrogens with two attached hydrogens (primary N) is 2. The van der Waals surface area contributed by atoms with Gasteiger partial charge in [0.25, 0.3) is 5.56 Å². The summed E-state index contributed by atoms with van der Waals surface area (Å²) in [5, 5.41) is 49.8. The number of carbonyl (C=O) groups is 7. The predicted molar refractivity (Wildman–Crippen MR) is 278 cm³/mol. The van der Waals surface area contributed by atoms with Crippen molar-refractivity contribution in [2.45, 2.75) is 120 Å². The SMILES string of the molecule is Cc1cn(C[C@@H]2NC(=O)[C@@H](NC(=O)[C@H](N)Cc3ccccc3)CSSC[C@@H](C(=O)N[C@H](CO)C(C)O)NC(=O)[C@H](C(C)O)NC(=O)[C@H](CCCCN)NC(=O)[C@@H](Cc3c[nH]c4ccccc34)NC2=O)c(=O)[nH]c1=O. The van der Waals surface area contributed by atoms with Crippen LogP contribution in [-0.4, -0.2) is 156 Å². The van der Waals surface area contributed by atoms with E-state index in [1.165, 1.54) is 27.0 Å². The minimum Gasteiger partial charge on any atom is -0.394 e. The van der Waals surface area contributed by atoms with Crippen molar-refractivity contribution in [2.75, 3.05) is 24.7 Å². The van der Waals surface area contributed by atoms with Crippen LogP contribution < -0.4 is 59.9 Å². The molecular weight excluding hydrogens is 1000 g/mol. The number of unbranched alkanes of at least 4 members (excludes halogenated alkanes) is 1. The number of aromatic amines is 2. The molecule has 26 heteroatoms. The number of aliphatic hydroxyl groups excluding tert-OH is 3. The Kier molecular flexibility index (Phi) is 22.2. The molecule has 2 aromatic carbocycles. The maximum Gasteiger partial charge on any atom is 0.328 e. The van der Waals surface area contributed by atoms with Crippen LogP contribution in [-0.2, 0) is 52.9 Å². The standard InChI is InChI=1S/C48H66N12O12S2/c1-25-20-60(48(72)59-40(25)64)21-35-44(68)53-34(18-29-19-51-32-14-8-7-13-30(29)32)43(67)52-33(15-9-10-16-49)42(66)58-39(27(3)63)47(71)57-38(46(70)55-36(22-61)26(2)62)24-74-73-23-37(45(69)54-35)56-41(65)31(50)17-28-11-5-4-6-12-28/h4-8,11-14,19-20,26-27,31,33-39,51,61-63H,9-10,15-18,21-24,49-50H2,1-3H3,(H,52,67)(H,53,68)(H,54,69)(H,55,70)(H,56,65)(H,57,71)(H,58,66)(H,59,64,72)/t26?,27?,31-,33+,34-,35+,36-,37+,38+,39+/m1/s1. The number of amides is 7. The summed E-state index contributed by atoms with van der Waals surface area (Å²) in [6.45, 7) is 2.90. The maximum absolute atomic E-state index is 14.8. The van der Waals surface area contributed by atoms with Gasteiger partial charge in [-0.05, 0) is 70.2 Å². The number of fused-ring (bicyclic) bond motifs is 1. The Balaban J connectivity index is 1.61. The molecule has 10 atom stereocenters. The van der Waals surface area contributed by atoms with Gasteiger partial charge in [-0.1, -0.05) is 70.1 Å². The maximum atomic E-state index is 14.8. The molecule has 402 valence electrons. The van der Waals surface area contributed by atoms with Crippen LogP contribution >= 0.6 is 21.6 Å². The quantitative estimate of drug-likeness (QED) is 0.0366.